The summed E-state index contributed by atoms with van der Waals surface area (Å²) in [7, 11) is 1.84. The number of nitrogens with zero attached hydrogens (tertiary/aromatic N) is 5. The maximum Gasteiger partial charge on any atom is 0.345 e. The minimum atomic E-state index is -0.385. The Bertz CT molecular complexity index is 640. The number of hydrogen-bond donors (Lipinski definition) is 1. The van der Waals surface area contributed by atoms with Crippen molar-refractivity contribution < 1.29 is 14.8 Å². The summed E-state index contributed by atoms with van der Waals surface area (Å²) in [6.07, 6.45) is 3.36. The molecule has 0 saturated carbocycles. The van der Waals surface area contributed by atoms with Gasteiger partial charge in [0, 0.05) is 19.0 Å². The number of hydroxylamine groups is 2. The van der Waals surface area contributed by atoms with E-state index in [1.165, 1.54) is 0 Å². The van der Waals surface area contributed by atoms with Gasteiger partial charge in [-0.05, 0) is 6.42 Å². The van der Waals surface area contributed by atoms with Gasteiger partial charge in [0.25, 0.3) is 0 Å². The largest absolute Gasteiger partial charge is 0.392 e. The number of carbonyl (C=O) groups excluding carboxylic acids is 1. The van der Waals surface area contributed by atoms with Crippen LogP contribution >= 0.6 is 0 Å². The molecule has 1 N–H and O–H groups in total. The highest BCUT2D eigenvalue weighted by molar-refractivity contribution is 5.95. The highest BCUT2D eigenvalue weighted by atomic mass is 16.6. The number of hydrogen-bond acceptors (Lipinski definition) is 5. The van der Waals surface area contributed by atoms with Crippen LogP contribution in [0.4, 0.5) is 4.79 Å². The van der Waals surface area contributed by atoms with Gasteiger partial charge in [-0.2, -0.15) is 10.2 Å². The predicted octanol–water partition coefficient (Wildman–Crippen LogP) is 1.20. The number of fused-ring (bicyclic) bond motifs is 4. The molecular formula is C13H17N5O3. The molecule has 4 rings (SSSR count). The number of aryl methyl sites for hydroxylation is 1. The van der Waals surface area contributed by atoms with Crippen LogP contribution in [0.1, 0.15) is 43.1 Å². The second-order valence-electron chi connectivity index (χ2n) is 5.73. The van der Waals surface area contributed by atoms with Crippen molar-refractivity contribution in [2.75, 3.05) is 6.54 Å². The Kier molecular flexibility index (Phi) is 2.53. The Morgan fingerprint density at radius 3 is 3.05 bits per heavy atom. The molecule has 112 valence electrons. The van der Waals surface area contributed by atoms with E-state index in [1.54, 1.807) is 15.8 Å². The zero-order valence-corrected chi connectivity index (χ0v) is 11.9. The molecule has 3 aliphatic heterocycles. The third-order valence-corrected chi connectivity index (χ3v) is 4.58. The van der Waals surface area contributed by atoms with E-state index in [1.807, 2.05) is 14.0 Å². The number of amides is 2. The Labute approximate surface area is 121 Å². The third kappa shape index (κ3) is 1.56. The minimum absolute atomic E-state index is 0.0670. The van der Waals surface area contributed by atoms with Crippen molar-refractivity contribution in [2.45, 2.75) is 38.0 Å². The summed E-state index contributed by atoms with van der Waals surface area (Å²) in [6, 6.07) is -1.03. The minimum Gasteiger partial charge on any atom is -0.392 e. The Balaban J connectivity index is 1.80. The first-order valence-electron chi connectivity index (χ1n) is 7.14. The van der Waals surface area contributed by atoms with E-state index in [9.17, 15) is 10.0 Å². The van der Waals surface area contributed by atoms with Gasteiger partial charge in [0.1, 0.15) is 18.2 Å². The van der Waals surface area contributed by atoms with Crippen molar-refractivity contribution in [3.63, 3.8) is 0 Å². The molecule has 1 aromatic heterocycles. The molecule has 0 radical (unpaired) electrons. The number of aromatic nitrogens is 2. The summed E-state index contributed by atoms with van der Waals surface area (Å²) in [4.78, 5) is 19.3. The summed E-state index contributed by atoms with van der Waals surface area (Å²) >= 11 is 0. The van der Waals surface area contributed by atoms with Crippen LogP contribution in [0.2, 0.25) is 0 Å². The molecule has 1 unspecified atom stereocenters. The summed E-state index contributed by atoms with van der Waals surface area (Å²) in [6.45, 7) is 2.50. The van der Waals surface area contributed by atoms with Gasteiger partial charge in [0.15, 0.2) is 0 Å². The molecule has 3 aliphatic rings. The smallest absolute Gasteiger partial charge is 0.345 e. The maximum atomic E-state index is 12.3. The van der Waals surface area contributed by atoms with Crippen LogP contribution < -0.4 is 0 Å². The second kappa shape index (κ2) is 4.20. The van der Waals surface area contributed by atoms with Crippen LogP contribution in [0.3, 0.4) is 0 Å². The highest BCUT2D eigenvalue weighted by Crippen LogP contribution is 2.44. The van der Waals surface area contributed by atoms with Crippen LogP contribution in [0, 0.1) is 0 Å². The van der Waals surface area contributed by atoms with Crippen LogP contribution in [-0.4, -0.2) is 49.3 Å². The van der Waals surface area contributed by atoms with Gasteiger partial charge in [-0.25, -0.2) is 4.79 Å². The van der Waals surface area contributed by atoms with Crippen molar-refractivity contribution in [3.05, 3.63) is 17.5 Å². The lowest BCUT2D eigenvalue weighted by Gasteiger charge is -2.30. The molecule has 8 heteroatoms. The average Bonchev–Trinajstić information content (AvgIpc) is 3.16. The van der Waals surface area contributed by atoms with Crippen LogP contribution in [0.25, 0.3) is 0 Å². The van der Waals surface area contributed by atoms with E-state index in [0.29, 0.717) is 13.0 Å². The van der Waals surface area contributed by atoms with E-state index in [4.69, 9.17) is 4.84 Å². The SMILES string of the molecule is CCC1CC([C@@H]2c3c(cnn3C)[C@@H]3CN2C(=O)N3O)=NO1. The molecule has 1 aromatic rings. The Morgan fingerprint density at radius 1 is 1.52 bits per heavy atom. The van der Waals surface area contributed by atoms with Crippen LogP contribution in [-0.2, 0) is 11.9 Å². The first kappa shape index (κ1) is 12.6. The number of oxime groups is 1. The average molecular weight is 291 g/mol. The standard InChI is InChI=1S/C13H17N5O3/c1-3-7-4-9(15-21-7)12-11-8(5-14-16(11)2)10-6-17(12)13(19)18(10)20/h5,7,10,12,20H,3-4,6H2,1-2H3/t7?,10-,12+/m0/s1. The fourth-order valence-corrected chi connectivity index (χ4v) is 3.42. The monoisotopic (exact) mass is 291 g/mol. The molecule has 0 aliphatic carbocycles. The van der Waals surface area contributed by atoms with Crippen molar-refractivity contribution in [2.24, 2.45) is 12.2 Å². The number of rotatable bonds is 2. The zero-order valence-electron chi connectivity index (χ0n) is 11.9. The molecule has 0 aromatic carbocycles. The van der Waals surface area contributed by atoms with E-state index in [2.05, 4.69) is 10.3 Å². The van der Waals surface area contributed by atoms with Gasteiger partial charge >= 0.3 is 6.03 Å². The lowest BCUT2D eigenvalue weighted by molar-refractivity contribution is -0.0586. The third-order valence-electron chi connectivity index (χ3n) is 4.58. The zero-order chi connectivity index (χ0) is 14.7. The molecular weight excluding hydrogens is 274 g/mol. The van der Waals surface area contributed by atoms with Crippen LogP contribution in [0.15, 0.2) is 11.4 Å². The summed E-state index contributed by atoms with van der Waals surface area (Å²) in [5.41, 5.74) is 2.62. The van der Waals surface area contributed by atoms with E-state index < -0.39 is 0 Å². The Hall–Kier alpha value is -2.09. The molecule has 2 bridgehead atoms. The molecule has 2 amide bonds. The topological polar surface area (TPSA) is 83.2 Å². The van der Waals surface area contributed by atoms with Gasteiger partial charge < -0.3 is 9.74 Å². The van der Waals surface area contributed by atoms with E-state index in [0.717, 1.165) is 28.5 Å². The summed E-state index contributed by atoms with van der Waals surface area (Å²) in [5, 5.41) is 19.3. The first-order chi connectivity index (χ1) is 10.1. The van der Waals surface area contributed by atoms with Gasteiger partial charge in [-0.1, -0.05) is 12.1 Å². The summed E-state index contributed by atoms with van der Waals surface area (Å²) < 4.78 is 1.76. The molecule has 0 spiro atoms. The lowest BCUT2D eigenvalue weighted by Crippen LogP contribution is -2.39. The normalized spacial score (nSPS) is 30.5. The fraction of sp³-hybridized carbons (Fsp3) is 0.615. The lowest BCUT2D eigenvalue weighted by atomic mass is 9.92. The van der Waals surface area contributed by atoms with Crippen molar-refractivity contribution in [1.82, 2.24) is 19.7 Å². The predicted molar refractivity (Wildman–Crippen MR) is 71.6 cm³/mol. The molecule has 1 fully saturated rings. The highest BCUT2D eigenvalue weighted by Gasteiger charge is 2.51. The van der Waals surface area contributed by atoms with Crippen molar-refractivity contribution in [1.29, 1.82) is 0 Å². The van der Waals surface area contributed by atoms with Gasteiger partial charge in [-0.3, -0.25) is 9.89 Å². The van der Waals surface area contributed by atoms with Crippen molar-refractivity contribution >= 4 is 11.7 Å². The number of carbonyl (C=O) groups is 1. The molecule has 8 nitrogen and oxygen atoms in total. The summed E-state index contributed by atoms with van der Waals surface area (Å²) in [5.74, 6) is 0. The Morgan fingerprint density at radius 2 is 2.33 bits per heavy atom. The number of urea groups is 1. The fourth-order valence-electron chi connectivity index (χ4n) is 3.42. The van der Waals surface area contributed by atoms with Crippen LogP contribution in [0.5, 0.6) is 0 Å². The molecule has 4 heterocycles. The van der Waals surface area contributed by atoms with Gasteiger partial charge in [0.2, 0.25) is 0 Å². The van der Waals surface area contributed by atoms with Gasteiger partial charge in [-0.15, -0.1) is 0 Å². The first-order valence-corrected chi connectivity index (χ1v) is 7.14. The van der Waals surface area contributed by atoms with E-state index in [-0.39, 0.29) is 24.2 Å². The molecule has 3 atom stereocenters. The quantitative estimate of drug-likeness (QED) is 0.830. The van der Waals surface area contributed by atoms with Crippen molar-refractivity contribution in [3.8, 4) is 0 Å². The molecule has 21 heavy (non-hydrogen) atoms. The van der Waals surface area contributed by atoms with Gasteiger partial charge in [0.05, 0.1) is 24.1 Å². The van der Waals surface area contributed by atoms with E-state index >= 15 is 0 Å². The second-order valence-corrected chi connectivity index (χ2v) is 5.73. The maximum absolute atomic E-state index is 12.3. The molecule has 1 saturated heterocycles.